The summed E-state index contributed by atoms with van der Waals surface area (Å²) >= 11 is 1.81. The number of thiophene rings is 1. The highest BCUT2D eigenvalue weighted by Gasteiger charge is 2.20. The topological polar surface area (TPSA) is 67.1 Å². The second-order valence-corrected chi connectivity index (χ2v) is 6.91. The molecule has 0 atom stereocenters. The van der Waals surface area contributed by atoms with Crippen molar-refractivity contribution in [1.82, 2.24) is 15.3 Å². The molecule has 1 aliphatic heterocycles. The third kappa shape index (κ3) is 3.70. The van der Waals surface area contributed by atoms with Gasteiger partial charge in [-0.3, -0.25) is 0 Å². The number of piperazine rings is 1. The van der Waals surface area contributed by atoms with Gasteiger partial charge in [0, 0.05) is 31.1 Å². The fourth-order valence-corrected chi connectivity index (χ4v) is 4.39. The van der Waals surface area contributed by atoms with Crippen LogP contribution in [0.1, 0.15) is 37.1 Å². The lowest BCUT2D eigenvalue weighted by molar-refractivity contribution is 0.581. The quantitative estimate of drug-likeness (QED) is 0.863. The van der Waals surface area contributed by atoms with Crippen LogP contribution in [0.4, 0.5) is 11.8 Å². The minimum absolute atomic E-state index is 0. The van der Waals surface area contributed by atoms with Crippen molar-refractivity contribution in [2.75, 3.05) is 36.8 Å². The van der Waals surface area contributed by atoms with Gasteiger partial charge in [-0.15, -0.1) is 23.7 Å². The number of hydrogen-bond acceptors (Lipinski definition) is 6. The van der Waals surface area contributed by atoms with E-state index in [-0.39, 0.29) is 12.4 Å². The van der Waals surface area contributed by atoms with Crippen LogP contribution in [-0.4, -0.2) is 36.1 Å². The zero-order chi connectivity index (χ0) is 15.5. The number of aryl methyl sites for hydroxylation is 2. The Morgan fingerprint density at radius 2 is 1.83 bits per heavy atom. The van der Waals surface area contributed by atoms with Gasteiger partial charge in [-0.25, -0.2) is 4.98 Å². The number of halogens is 1. The Kier molecular flexibility index (Phi) is 6.44. The van der Waals surface area contributed by atoms with Crippen molar-refractivity contribution >= 4 is 45.7 Å². The molecule has 3 N–H and O–H groups in total. The molecule has 7 heteroatoms. The Morgan fingerprint density at radius 3 is 2.48 bits per heavy atom. The van der Waals surface area contributed by atoms with Crippen molar-refractivity contribution in [2.45, 2.75) is 39.5 Å². The summed E-state index contributed by atoms with van der Waals surface area (Å²) < 4.78 is 0. The molecule has 1 aliphatic rings. The van der Waals surface area contributed by atoms with Gasteiger partial charge in [0.2, 0.25) is 5.95 Å². The van der Waals surface area contributed by atoms with Crippen molar-refractivity contribution < 1.29 is 0 Å². The van der Waals surface area contributed by atoms with E-state index in [1.807, 2.05) is 11.3 Å². The van der Waals surface area contributed by atoms with Gasteiger partial charge in [0.15, 0.2) is 0 Å². The predicted octanol–water partition coefficient (Wildman–Crippen LogP) is 3.01. The Balaban J connectivity index is 0.00000192. The summed E-state index contributed by atoms with van der Waals surface area (Å²) in [5.74, 6) is 1.44. The van der Waals surface area contributed by atoms with Gasteiger partial charge < -0.3 is 16.0 Å². The van der Waals surface area contributed by atoms with E-state index in [1.165, 1.54) is 10.4 Å². The first-order valence-corrected chi connectivity index (χ1v) is 9.09. The molecule has 5 nitrogen and oxygen atoms in total. The van der Waals surface area contributed by atoms with Gasteiger partial charge >= 0.3 is 0 Å². The molecular formula is C16H26ClN5S. The molecule has 1 fully saturated rings. The van der Waals surface area contributed by atoms with Crippen LogP contribution in [0.15, 0.2) is 0 Å². The van der Waals surface area contributed by atoms with Crippen LogP contribution in [0.2, 0.25) is 0 Å². The molecule has 0 saturated carbocycles. The monoisotopic (exact) mass is 355 g/mol. The molecule has 0 unspecified atom stereocenters. The SMILES string of the molecule is CCCc1sc2nc(N3CCNCC3)nc(N)c2c1CCC.Cl. The van der Waals surface area contributed by atoms with E-state index >= 15 is 0 Å². The first-order valence-electron chi connectivity index (χ1n) is 8.28. The lowest BCUT2D eigenvalue weighted by Crippen LogP contribution is -2.44. The van der Waals surface area contributed by atoms with E-state index < -0.39 is 0 Å². The molecule has 0 aliphatic carbocycles. The van der Waals surface area contributed by atoms with Crippen LogP contribution in [0.25, 0.3) is 10.2 Å². The normalized spacial score (nSPS) is 15.0. The maximum Gasteiger partial charge on any atom is 0.228 e. The number of aromatic nitrogens is 2. The minimum atomic E-state index is 0. The standard InChI is InChI=1S/C16H25N5S.ClH/c1-3-5-11-12(6-4-2)22-15-13(11)14(17)19-16(20-15)21-9-7-18-8-10-21;/h18H,3-10H2,1-2H3,(H2,17,19,20);1H. The molecule has 23 heavy (non-hydrogen) atoms. The van der Waals surface area contributed by atoms with Crippen molar-refractivity contribution in [3.8, 4) is 0 Å². The molecule has 0 radical (unpaired) electrons. The number of hydrogen-bond donors (Lipinski definition) is 2. The summed E-state index contributed by atoms with van der Waals surface area (Å²) in [5.41, 5.74) is 7.70. The van der Waals surface area contributed by atoms with Crippen LogP contribution in [-0.2, 0) is 12.8 Å². The van der Waals surface area contributed by atoms with Gasteiger partial charge in [0.05, 0.1) is 5.39 Å². The lowest BCUT2D eigenvalue weighted by Gasteiger charge is -2.27. The Bertz CT molecular complexity index is 651. The van der Waals surface area contributed by atoms with Gasteiger partial charge in [-0.05, 0) is 18.4 Å². The molecular weight excluding hydrogens is 330 g/mol. The van der Waals surface area contributed by atoms with Crippen LogP contribution < -0.4 is 16.0 Å². The molecule has 128 valence electrons. The van der Waals surface area contributed by atoms with Crippen molar-refractivity contribution in [1.29, 1.82) is 0 Å². The molecule has 0 spiro atoms. The molecule has 0 aromatic carbocycles. The lowest BCUT2D eigenvalue weighted by atomic mass is 10.1. The van der Waals surface area contributed by atoms with Gasteiger partial charge in [0.1, 0.15) is 10.6 Å². The molecule has 3 rings (SSSR count). The number of rotatable bonds is 5. The van der Waals surface area contributed by atoms with E-state index in [0.717, 1.165) is 68.0 Å². The zero-order valence-electron chi connectivity index (χ0n) is 13.9. The van der Waals surface area contributed by atoms with E-state index in [4.69, 9.17) is 10.7 Å². The molecule has 2 aromatic heterocycles. The smallest absolute Gasteiger partial charge is 0.228 e. The van der Waals surface area contributed by atoms with Crippen LogP contribution >= 0.6 is 23.7 Å². The summed E-state index contributed by atoms with van der Waals surface area (Å²) in [4.78, 5) is 14.2. The summed E-state index contributed by atoms with van der Waals surface area (Å²) in [6, 6.07) is 0. The molecule has 1 saturated heterocycles. The number of anilines is 2. The molecule has 3 heterocycles. The summed E-state index contributed by atoms with van der Waals surface area (Å²) in [6.07, 6.45) is 4.46. The Labute approximate surface area is 148 Å². The van der Waals surface area contributed by atoms with E-state index in [9.17, 15) is 0 Å². The van der Waals surface area contributed by atoms with Gasteiger partial charge in [0.25, 0.3) is 0 Å². The van der Waals surface area contributed by atoms with Crippen molar-refractivity contribution in [3.05, 3.63) is 10.4 Å². The average Bonchev–Trinajstić information content (AvgIpc) is 2.87. The van der Waals surface area contributed by atoms with Crippen molar-refractivity contribution in [2.24, 2.45) is 0 Å². The van der Waals surface area contributed by atoms with Gasteiger partial charge in [-0.2, -0.15) is 4.98 Å². The van der Waals surface area contributed by atoms with Crippen LogP contribution in [0.3, 0.4) is 0 Å². The maximum atomic E-state index is 6.32. The highest BCUT2D eigenvalue weighted by atomic mass is 35.5. The number of nitrogen functional groups attached to an aromatic ring is 1. The van der Waals surface area contributed by atoms with Gasteiger partial charge in [-0.1, -0.05) is 26.7 Å². The largest absolute Gasteiger partial charge is 0.383 e. The summed E-state index contributed by atoms with van der Waals surface area (Å²) in [7, 11) is 0. The molecule has 0 bridgehead atoms. The van der Waals surface area contributed by atoms with Crippen LogP contribution in [0.5, 0.6) is 0 Å². The first kappa shape index (κ1) is 18.2. The summed E-state index contributed by atoms with van der Waals surface area (Å²) in [5, 5.41) is 4.46. The molecule has 2 aromatic rings. The second kappa shape index (κ2) is 8.13. The Morgan fingerprint density at radius 1 is 1.13 bits per heavy atom. The van der Waals surface area contributed by atoms with Crippen LogP contribution in [0, 0.1) is 0 Å². The molecule has 0 amide bonds. The number of nitrogens with zero attached hydrogens (tertiary/aromatic N) is 3. The number of nitrogens with one attached hydrogen (secondary N) is 1. The van der Waals surface area contributed by atoms with E-state index in [1.54, 1.807) is 0 Å². The number of nitrogens with two attached hydrogens (primary N) is 1. The zero-order valence-corrected chi connectivity index (χ0v) is 15.5. The summed E-state index contributed by atoms with van der Waals surface area (Å²) in [6.45, 7) is 8.29. The minimum Gasteiger partial charge on any atom is -0.383 e. The Hall–Kier alpha value is -1.11. The fraction of sp³-hybridized carbons (Fsp3) is 0.625. The second-order valence-electron chi connectivity index (χ2n) is 5.83. The maximum absolute atomic E-state index is 6.32. The third-order valence-electron chi connectivity index (χ3n) is 4.13. The average molecular weight is 356 g/mol. The van der Waals surface area contributed by atoms with E-state index in [0.29, 0.717) is 5.82 Å². The highest BCUT2D eigenvalue weighted by molar-refractivity contribution is 7.19. The fourth-order valence-electron chi connectivity index (χ4n) is 3.07. The number of fused-ring (bicyclic) bond motifs is 1. The predicted molar refractivity (Wildman–Crippen MR) is 102 cm³/mol. The first-order chi connectivity index (χ1) is 10.7. The highest BCUT2D eigenvalue weighted by Crippen LogP contribution is 2.36. The van der Waals surface area contributed by atoms with E-state index in [2.05, 4.69) is 29.0 Å². The third-order valence-corrected chi connectivity index (χ3v) is 5.31. The van der Waals surface area contributed by atoms with Crippen molar-refractivity contribution in [3.63, 3.8) is 0 Å².